The number of fused-ring (bicyclic) bond motifs is 1. The van der Waals surface area contributed by atoms with Gasteiger partial charge in [-0.1, -0.05) is 0 Å². The lowest BCUT2D eigenvalue weighted by molar-refractivity contribution is -0.145. The Labute approximate surface area is 94.9 Å². The molecule has 90 valence electrons. The van der Waals surface area contributed by atoms with Crippen molar-refractivity contribution in [2.45, 2.75) is 19.3 Å². The molecule has 0 aliphatic rings. The molecule has 1 N–H and O–H groups in total. The number of carboxylic acid groups (broad SMARTS) is 1. The molecule has 1 heterocycles. The van der Waals surface area contributed by atoms with Crippen molar-refractivity contribution in [1.29, 1.82) is 0 Å². The average molecular weight is 241 g/mol. The molecular formula is C11H9F2NO3. The molecule has 0 saturated heterocycles. The van der Waals surface area contributed by atoms with Gasteiger partial charge < -0.3 is 9.52 Å². The number of aromatic nitrogens is 1. The van der Waals surface area contributed by atoms with Gasteiger partial charge in [0.2, 0.25) is 0 Å². The first-order chi connectivity index (χ1) is 7.88. The van der Waals surface area contributed by atoms with Gasteiger partial charge in [-0.15, -0.1) is 0 Å². The van der Waals surface area contributed by atoms with Crippen LogP contribution in [0.1, 0.15) is 17.9 Å². The molecule has 0 aliphatic heterocycles. The summed E-state index contributed by atoms with van der Waals surface area (Å²) in [7, 11) is 0. The molecule has 0 unspecified atom stereocenters. The van der Waals surface area contributed by atoms with Crippen molar-refractivity contribution in [2.75, 3.05) is 0 Å². The molecule has 0 radical (unpaired) electrons. The quantitative estimate of drug-likeness (QED) is 0.897. The zero-order valence-electron chi connectivity index (χ0n) is 8.91. The van der Waals surface area contributed by atoms with Crippen LogP contribution in [0.25, 0.3) is 11.1 Å². The van der Waals surface area contributed by atoms with Crippen LogP contribution in [0, 0.1) is 6.92 Å². The standard InChI is InChI=1S/C11H9F2NO3/c1-6-14-8-4-7(2-3-9(8)17-6)11(12,13)5-10(15)16/h2-4H,5H2,1H3,(H,15,16). The van der Waals surface area contributed by atoms with E-state index in [1.807, 2.05) is 0 Å². The lowest BCUT2D eigenvalue weighted by Crippen LogP contribution is -2.18. The lowest BCUT2D eigenvalue weighted by atomic mass is 10.1. The number of hydrogen-bond acceptors (Lipinski definition) is 3. The van der Waals surface area contributed by atoms with Gasteiger partial charge >= 0.3 is 5.97 Å². The van der Waals surface area contributed by atoms with Crippen molar-refractivity contribution in [2.24, 2.45) is 0 Å². The Morgan fingerprint density at radius 1 is 1.53 bits per heavy atom. The van der Waals surface area contributed by atoms with E-state index in [0.717, 1.165) is 12.1 Å². The maximum atomic E-state index is 13.5. The first-order valence-corrected chi connectivity index (χ1v) is 4.86. The van der Waals surface area contributed by atoms with Crippen molar-refractivity contribution in [1.82, 2.24) is 4.98 Å². The van der Waals surface area contributed by atoms with Crippen LogP contribution in [-0.4, -0.2) is 16.1 Å². The maximum absolute atomic E-state index is 13.5. The first-order valence-electron chi connectivity index (χ1n) is 4.86. The largest absolute Gasteiger partial charge is 0.481 e. The van der Waals surface area contributed by atoms with Crippen molar-refractivity contribution in [3.8, 4) is 0 Å². The number of aliphatic carboxylic acids is 1. The molecule has 0 aliphatic carbocycles. The van der Waals surface area contributed by atoms with E-state index >= 15 is 0 Å². The van der Waals surface area contributed by atoms with E-state index in [1.54, 1.807) is 6.92 Å². The van der Waals surface area contributed by atoms with E-state index < -0.39 is 18.3 Å². The summed E-state index contributed by atoms with van der Waals surface area (Å²) in [5, 5.41) is 8.41. The van der Waals surface area contributed by atoms with Gasteiger partial charge in [0.25, 0.3) is 5.92 Å². The Morgan fingerprint density at radius 2 is 2.24 bits per heavy atom. The Kier molecular flexibility index (Phi) is 2.57. The molecular weight excluding hydrogens is 232 g/mol. The van der Waals surface area contributed by atoms with E-state index in [-0.39, 0.29) is 5.56 Å². The molecule has 1 aromatic carbocycles. The smallest absolute Gasteiger partial charge is 0.309 e. The zero-order valence-corrected chi connectivity index (χ0v) is 8.91. The van der Waals surface area contributed by atoms with Crippen LogP contribution >= 0.6 is 0 Å². The minimum atomic E-state index is -3.41. The van der Waals surface area contributed by atoms with Gasteiger partial charge in [0, 0.05) is 12.5 Å². The third kappa shape index (κ3) is 2.25. The van der Waals surface area contributed by atoms with Gasteiger partial charge in [-0.2, -0.15) is 0 Å². The number of rotatable bonds is 3. The first kappa shape index (κ1) is 11.5. The summed E-state index contributed by atoms with van der Waals surface area (Å²) in [6, 6.07) is 3.66. The maximum Gasteiger partial charge on any atom is 0.309 e. The van der Waals surface area contributed by atoms with Crippen LogP contribution in [0.15, 0.2) is 22.6 Å². The molecule has 1 aromatic heterocycles. The number of benzene rings is 1. The fourth-order valence-electron chi connectivity index (χ4n) is 1.56. The van der Waals surface area contributed by atoms with Gasteiger partial charge in [0.05, 0.1) is 0 Å². The normalized spacial score (nSPS) is 11.9. The number of carbonyl (C=O) groups is 1. The topological polar surface area (TPSA) is 63.3 Å². The van der Waals surface area contributed by atoms with Crippen molar-refractivity contribution >= 4 is 17.1 Å². The van der Waals surface area contributed by atoms with Gasteiger partial charge in [0.1, 0.15) is 11.9 Å². The summed E-state index contributed by atoms with van der Waals surface area (Å²) in [6.45, 7) is 1.61. The highest BCUT2D eigenvalue weighted by atomic mass is 19.3. The van der Waals surface area contributed by atoms with Crippen LogP contribution < -0.4 is 0 Å². The summed E-state index contributed by atoms with van der Waals surface area (Å²) in [5.74, 6) is -4.59. The molecule has 0 bridgehead atoms. The highest BCUT2D eigenvalue weighted by molar-refractivity contribution is 5.74. The van der Waals surface area contributed by atoms with Crippen LogP contribution in [0.5, 0.6) is 0 Å². The molecule has 4 nitrogen and oxygen atoms in total. The molecule has 0 saturated carbocycles. The molecule has 0 atom stereocenters. The van der Waals surface area contributed by atoms with E-state index in [1.165, 1.54) is 6.07 Å². The molecule has 0 spiro atoms. The van der Waals surface area contributed by atoms with Gasteiger partial charge in [-0.05, 0) is 18.2 Å². The minimum absolute atomic E-state index is 0.296. The third-order valence-corrected chi connectivity index (χ3v) is 2.29. The summed E-state index contributed by atoms with van der Waals surface area (Å²) in [6.07, 6.45) is -1.24. The Morgan fingerprint density at radius 3 is 2.88 bits per heavy atom. The summed E-state index contributed by atoms with van der Waals surface area (Å²) < 4.78 is 32.1. The fraction of sp³-hybridized carbons (Fsp3) is 0.273. The van der Waals surface area contributed by atoms with Crippen LogP contribution in [0.2, 0.25) is 0 Å². The average Bonchev–Trinajstić information content (AvgIpc) is 2.54. The second kappa shape index (κ2) is 3.80. The fourth-order valence-corrected chi connectivity index (χ4v) is 1.56. The Balaban J connectivity index is 2.44. The van der Waals surface area contributed by atoms with E-state index in [2.05, 4.69) is 4.98 Å². The molecule has 6 heteroatoms. The van der Waals surface area contributed by atoms with Crippen molar-refractivity contribution in [3.63, 3.8) is 0 Å². The predicted molar refractivity (Wildman–Crippen MR) is 54.9 cm³/mol. The van der Waals surface area contributed by atoms with Crippen LogP contribution in [0.3, 0.4) is 0 Å². The number of carboxylic acids is 1. The van der Waals surface area contributed by atoms with Gasteiger partial charge in [-0.25, -0.2) is 13.8 Å². The number of aryl methyl sites for hydroxylation is 1. The highest BCUT2D eigenvalue weighted by Crippen LogP contribution is 2.33. The minimum Gasteiger partial charge on any atom is -0.481 e. The number of hydrogen-bond donors (Lipinski definition) is 1. The third-order valence-electron chi connectivity index (χ3n) is 2.29. The molecule has 0 amide bonds. The Bertz CT molecular complexity index is 577. The Hall–Kier alpha value is -1.98. The number of alkyl halides is 2. The number of oxazole rings is 1. The van der Waals surface area contributed by atoms with E-state index in [4.69, 9.17) is 9.52 Å². The SMILES string of the molecule is Cc1nc2cc(C(F)(F)CC(=O)O)ccc2o1. The summed E-state index contributed by atoms with van der Waals surface area (Å²) >= 11 is 0. The van der Waals surface area contributed by atoms with Crippen molar-refractivity contribution in [3.05, 3.63) is 29.7 Å². The summed E-state index contributed by atoms with van der Waals surface area (Å²) in [5.41, 5.74) is 0.322. The molecule has 2 rings (SSSR count). The highest BCUT2D eigenvalue weighted by Gasteiger charge is 2.35. The molecule has 2 aromatic rings. The second-order valence-corrected chi connectivity index (χ2v) is 3.69. The molecule has 17 heavy (non-hydrogen) atoms. The van der Waals surface area contributed by atoms with E-state index in [0.29, 0.717) is 17.0 Å². The monoisotopic (exact) mass is 241 g/mol. The van der Waals surface area contributed by atoms with Crippen molar-refractivity contribution < 1.29 is 23.1 Å². The number of halogens is 2. The predicted octanol–water partition coefficient (Wildman–Crippen LogP) is 2.70. The zero-order chi connectivity index (χ0) is 12.6. The summed E-state index contributed by atoms with van der Waals surface area (Å²) in [4.78, 5) is 14.3. The van der Waals surface area contributed by atoms with Crippen LogP contribution in [0.4, 0.5) is 8.78 Å². The molecule has 0 fully saturated rings. The van der Waals surface area contributed by atoms with Gasteiger partial charge in [0.15, 0.2) is 11.5 Å². The van der Waals surface area contributed by atoms with Crippen LogP contribution in [-0.2, 0) is 10.7 Å². The second-order valence-electron chi connectivity index (χ2n) is 3.69. The van der Waals surface area contributed by atoms with Gasteiger partial charge in [-0.3, -0.25) is 4.79 Å². The lowest BCUT2D eigenvalue weighted by Gasteiger charge is -2.13. The van der Waals surface area contributed by atoms with E-state index in [9.17, 15) is 13.6 Å². The number of nitrogens with zero attached hydrogens (tertiary/aromatic N) is 1.